The Bertz CT molecular complexity index is 853. The highest BCUT2D eigenvalue weighted by Gasteiger charge is 2.44. The summed E-state index contributed by atoms with van der Waals surface area (Å²) in [6.45, 7) is 3.75. The third kappa shape index (κ3) is 4.52. The number of nitrogens with one attached hydrogen (secondary N) is 1. The number of cyclic esters (lactones) is 1. The number of anilines is 1. The van der Waals surface area contributed by atoms with Crippen molar-refractivity contribution in [2.75, 3.05) is 31.6 Å². The number of hydrogen-bond acceptors (Lipinski definition) is 6. The van der Waals surface area contributed by atoms with E-state index in [1.54, 1.807) is 6.92 Å². The zero-order valence-corrected chi connectivity index (χ0v) is 16.9. The first-order valence-electron chi connectivity index (χ1n) is 9.80. The first kappa shape index (κ1) is 21.5. The van der Waals surface area contributed by atoms with E-state index in [9.17, 15) is 23.6 Å². The molecule has 1 N–H and O–H groups in total. The second-order valence-corrected chi connectivity index (χ2v) is 7.15. The summed E-state index contributed by atoms with van der Waals surface area (Å²) in [6, 6.07) is 2.54. The monoisotopic (exact) mass is 421 g/mol. The van der Waals surface area contributed by atoms with Gasteiger partial charge >= 0.3 is 12.1 Å². The molecule has 1 aromatic rings. The van der Waals surface area contributed by atoms with Crippen LogP contribution in [0.25, 0.3) is 0 Å². The number of halogens is 1. The first-order chi connectivity index (χ1) is 14.3. The van der Waals surface area contributed by atoms with E-state index in [-0.39, 0.29) is 36.4 Å². The summed E-state index contributed by atoms with van der Waals surface area (Å²) in [6.07, 6.45) is 0.291. The first-order valence-corrected chi connectivity index (χ1v) is 9.80. The van der Waals surface area contributed by atoms with E-state index in [0.717, 1.165) is 6.07 Å². The number of piperidine rings is 1. The van der Waals surface area contributed by atoms with Crippen LogP contribution in [0.1, 0.15) is 37.0 Å². The molecule has 3 rings (SSSR count). The van der Waals surface area contributed by atoms with Crippen LogP contribution in [0.3, 0.4) is 0 Å². The minimum absolute atomic E-state index is 0.0554. The van der Waals surface area contributed by atoms with E-state index in [1.165, 1.54) is 28.9 Å². The van der Waals surface area contributed by atoms with Gasteiger partial charge in [-0.2, -0.15) is 0 Å². The standard InChI is InChI=1S/C20H24FN3O6/c1-3-29-19(27)17-11-30-20(28)24(17)14-6-8-23(9-7-14)18(26)15-10-13(21)4-5-16(15)22-12(2)25/h4-5,10,14,17H,3,6-9,11H2,1-2H3,(H,22,25)/t17-/m0/s1. The Labute approximate surface area is 173 Å². The summed E-state index contributed by atoms with van der Waals surface area (Å²) in [5, 5.41) is 2.54. The maximum absolute atomic E-state index is 13.7. The van der Waals surface area contributed by atoms with Crippen molar-refractivity contribution in [2.24, 2.45) is 0 Å². The number of nitrogens with zero attached hydrogens (tertiary/aromatic N) is 2. The maximum Gasteiger partial charge on any atom is 0.410 e. The van der Waals surface area contributed by atoms with Crippen LogP contribution in [0.5, 0.6) is 0 Å². The smallest absolute Gasteiger partial charge is 0.410 e. The quantitative estimate of drug-likeness (QED) is 0.727. The molecule has 30 heavy (non-hydrogen) atoms. The second-order valence-electron chi connectivity index (χ2n) is 7.15. The van der Waals surface area contributed by atoms with Crippen molar-refractivity contribution >= 4 is 29.6 Å². The van der Waals surface area contributed by atoms with Gasteiger partial charge in [0.1, 0.15) is 12.4 Å². The highest BCUT2D eigenvalue weighted by atomic mass is 19.1. The number of rotatable bonds is 5. The topological polar surface area (TPSA) is 105 Å². The Hall–Kier alpha value is -3.17. The summed E-state index contributed by atoms with van der Waals surface area (Å²) in [7, 11) is 0. The van der Waals surface area contributed by atoms with Gasteiger partial charge in [0, 0.05) is 26.1 Å². The molecule has 2 heterocycles. The van der Waals surface area contributed by atoms with Gasteiger partial charge in [-0.1, -0.05) is 0 Å². The van der Waals surface area contributed by atoms with Gasteiger partial charge in [0.05, 0.1) is 17.9 Å². The molecule has 0 spiro atoms. The van der Waals surface area contributed by atoms with E-state index in [2.05, 4.69) is 5.32 Å². The van der Waals surface area contributed by atoms with E-state index < -0.39 is 29.8 Å². The molecular weight excluding hydrogens is 397 g/mol. The van der Waals surface area contributed by atoms with Crippen LogP contribution >= 0.6 is 0 Å². The second kappa shape index (κ2) is 9.10. The van der Waals surface area contributed by atoms with E-state index in [4.69, 9.17) is 9.47 Å². The molecule has 2 saturated heterocycles. The van der Waals surface area contributed by atoms with Crippen molar-refractivity contribution in [1.29, 1.82) is 0 Å². The molecule has 1 aromatic carbocycles. The minimum atomic E-state index is -0.792. The Balaban J connectivity index is 1.69. The lowest BCUT2D eigenvalue weighted by molar-refractivity contribution is -0.148. The van der Waals surface area contributed by atoms with Crippen LogP contribution in [-0.2, 0) is 19.1 Å². The number of hydrogen-bond donors (Lipinski definition) is 1. The molecule has 2 aliphatic heterocycles. The molecule has 1 atom stereocenters. The Kier molecular flexibility index (Phi) is 6.53. The fourth-order valence-electron chi connectivity index (χ4n) is 3.77. The fourth-order valence-corrected chi connectivity index (χ4v) is 3.77. The van der Waals surface area contributed by atoms with Gasteiger partial charge in [-0.3, -0.25) is 14.5 Å². The molecule has 0 radical (unpaired) electrons. The largest absolute Gasteiger partial charge is 0.464 e. The third-order valence-corrected chi connectivity index (χ3v) is 5.14. The Morgan fingerprint density at radius 2 is 1.97 bits per heavy atom. The predicted octanol–water partition coefficient (Wildman–Crippen LogP) is 1.77. The number of benzene rings is 1. The van der Waals surface area contributed by atoms with E-state index >= 15 is 0 Å². The van der Waals surface area contributed by atoms with Crippen molar-refractivity contribution in [2.45, 2.75) is 38.8 Å². The van der Waals surface area contributed by atoms with E-state index in [0.29, 0.717) is 25.9 Å². The highest BCUT2D eigenvalue weighted by molar-refractivity contribution is 6.03. The fraction of sp³-hybridized carbons (Fsp3) is 0.500. The lowest BCUT2D eigenvalue weighted by Crippen LogP contribution is -2.52. The van der Waals surface area contributed by atoms with Gasteiger partial charge in [-0.05, 0) is 38.0 Å². The van der Waals surface area contributed by atoms with Crippen LogP contribution in [0.2, 0.25) is 0 Å². The highest BCUT2D eigenvalue weighted by Crippen LogP contribution is 2.27. The van der Waals surface area contributed by atoms with Gasteiger partial charge in [0.25, 0.3) is 5.91 Å². The molecule has 0 saturated carbocycles. The Morgan fingerprint density at radius 1 is 1.27 bits per heavy atom. The molecule has 2 fully saturated rings. The maximum atomic E-state index is 13.7. The minimum Gasteiger partial charge on any atom is -0.464 e. The van der Waals surface area contributed by atoms with Crippen LogP contribution in [0.4, 0.5) is 14.9 Å². The number of ether oxygens (including phenoxy) is 2. The summed E-state index contributed by atoms with van der Waals surface area (Å²) in [5.74, 6) is -1.88. The zero-order chi connectivity index (χ0) is 21.8. The molecular formula is C20H24FN3O6. The molecule has 10 heteroatoms. The molecule has 0 unspecified atom stereocenters. The zero-order valence-electron chi connectivity index (χ0n) is 16.9. The lowest BCUT2D eigenvalue weighted by atomic mass is 10.0. The SMILES string of the molecule is CCOC(=O)[C@@H]1COC(=O)N1C1CCN(C(=O)c2cc(F)ccc2NC(C)=O)CC1. The summed E-state index contributed by atoms with van der Waals surface area (Å²) >= 11 is 0. The molecule has 2 aliphatic rings. The van der Waals surface area contributed by atoms with Crippen LogP contribution < -0.4 is 5.32 Å². The van der Waals surface area contributed by atoms with Crippen molar-refractivity contribution in [1.82, 2.24) is 9.80 Å². The normalized spacial score (nSPS) is 19.4. The van der Waals surface area contributed by atoms with Crippen molar-refractivity contribution in [3.8, 4) is 0 Å². The Morgan fingerprint density at radius 3 is 2.60 bits per heavy atom. The average molecular weight is 421 g/mol. The number of amides is 3. The lowest BCUT2D eigenvalue weighted by Gasteiger charge is -2.37. The number of esters is 1. The summed E-state index contributed by atoms with van der Waals surface area (Å²) in [5.41, 5.74) is 0.301. The molecule has 3 amide bonds. The molecule has 0 bridgehead atoms. The van der Waals surface area contributed by atoms with Crippen LogP contribution in [0.15, 0.2) is 18.2 Å². The third-order valence-electron chi connectivity index (χ3n) is 5.14. The molecule has 0 aliphatic carbocycles. The van der Waals surface area contributed by atoms with Gasteiger partial charge in [0.15, 0.2) is 6.04 Å². The van der Waals surface area contributed by atoms with Crippen LogP contribution in [0, 0.1) is 5.82 Å². The average Bonchev–Trinajstić information content (AvgIpc) is 3.10. The summed E-state index contributed by atoms with van der Waals surface area (Å²) in [4.78, 5) is 51.5. The van der Waals surface area contributed by atoms with Gasteiger partial charge in [-0.25, -0.2) is 14.0 Å². The van der Waals surface area contributed by atoms with Gasteiger partial charge < -0.3 is 19.7 Å². The number of carbonyl (C=O) groups excluding carboxylic acids is 4. The molecule has 162 valence electrons. The molecule has 9 nitrogen and oxygen atoms in total. The molecule has 0 aromatic heterocycles. The predicted molar refractivity (Wildman–Crippen MR) is 103 cm³/mol. The van der Waals surface area contributed by atoms with Gasteiger partial charge in [0.2, 0.25) is 5.91 Å². The summed E-state index contributed by atoms with van der Waals surface area (Å²) < 4.78 is 23.8. The van der Waals surface area contributed by atoms with E-state index in [1.807, 2.05) is 0 Å². The van der Waals surface area contributed by atoms with Crippen LogP contribution in [-0.4, -0.2) is 72.1 Å². The number of likely N-dealkylation sites (tertiary alicyclic amines) is 1. The number of carbonyl (C=O) groups is 4. The van der Waals surface area contributed by atoms with Crippen molar-refractivity contribution in [3.63, 3.8) is 0 Å². The van der Waals surface area contributed by atoms with Crippen molar-refractivity contribution in [3.05, 3.63) is 29.6 Å². The van der Waals surface area contributed by atoms with Gasteiger partial charge in [-0.15, -0.1) is 0 Å². The van der Waals surface area contributed by atoms with Crippen molar-refractivity contribution < 1.29 is 33.0 Å².